The molecule has 0 radical (unpaired) electrons. The molecule has 1 aliphatic rings. The molecule has 2 aromatic rings. The van der Waals surface area contributed by atoms with Crippen LogP contribution in [0.4, 0.5) is 15.8 Å². The standard InChI is InChI=1S/C21H23ClFN3O4S/c1-14(27)24-16-4-2-5-17(12-16)25-21(28)15-8-10-26(11-9-15)31(29,30)13-18-19(22)6-3-7-20(18)23/h2-7,12,15H,8-11,13H2,1H3,(H,24,27)(H,25,28). The number of anilines is 2. The minimum Gasteiger partial charge on any atom is -0.326 e. The zero-order valence-electron chi connectivity index (χ0n) is 16.9. The molecule has 1 saturated heterocycles. The molecule has 0 saturated carbocycles. The molecule has 0 spiro atoms. The van der Waals surface area contributed by atoms with Gasteiger partial charge >= 0.3 is 0 Å². The van der Waals surface area contributed by atoms with Gasteiger partial charge in [-0.25, -0.2) is 17.1 Å². The third kappa shape index (κ3) is 6.03. The van der Waals surface area contributed by atoms with Gasteiger partial charge in [-0.1, -0.05) is 23.7 Å². The molecule has 31 heavy (non-hydrogen) atoms. The van der Waals surface area contributed by atoms with Crippen LogP contribution in [-0.2, 0) is 25.4 Å². The number of piperidine rings is 1. The molecule has 0 aliphatic carbocycles. The second-order valence-electron chi connectivity index (χ2n) is 7.38. The Kier molecular flexibility index (Phi) is 7.30. The third-order valence-electron chi connectivity index (χ3n) is 5.06. The molecule has 7 nitrogen and oxygen atoms in total. The highest BCUT2D eigenvalue weighted by molar-refractivity contribution is 7.88. The fraction of sp³-hybridized carbons (Fsp3) is 0.333. The zero-order chi connectivity index (χ0) is 22.6. The van der Waals surface area contributed by atoms with E-state index in [0.29, 0.717) is 24.2 Å². The topological polar surface area (TPSA) is 95.6 Å². The van der Waals surface area contributed by atoms with Crippen molar-refractivity contribution in [3.63, 3.8) is 0 Å². The largest absolute Gasteiger partial charge is 0.326 e. The number of amides is 2. The Morgan fingerprint density at radius 3 is 2.32 bits per heavy atom. The first kappa shape index (κ1) is 23.2. The second kappa shape index (κ2) is 9.76. The van der Waals surface area contributed by atoms with Gasteiger partial charge in [-0.15, -0.1) is 0 Å². The maximum atomic E-state index is 14.0. The molecular weight excluding hydrogens is 445 g/mol. The lowest BCUT2D eigenvalue weighted by Crippen LogP contribution is -2.42. The van der Waals surface area contributed by atoms with Crippen LogP contribution < -0.4 is 10.6 Å². The zero-order valence-corrected chi connectivity index (χ0v) is 18.5. The maximum Gasteiger partial charge on any atom is 0.227 e. The first-order valence-electron chi connectivity index (χ1n) is 9.75. The third-order valence-corrected chi connectivity index (χ3v) is 7.22. The first-order chi connectivity index (χ1) is 14.7. The Bertz CT molecular complexity index is 1070. The van der Waals surface area contributed by atoms with E-state index in [4.69, 9.17) is 11.6 Å². The van der Waals surface area contributed by atoms with Gasteiger partial charge in [0.1, 0.15) is 5.82 Å². The second-order valence-corrected chi connectivity index (χ2v) is 9.76. The number of carbonyl (C=O) groups is 2. The number of hydrogen-bond acceptors (Lipinski definition) is 4. The number of carbonyl (C=O) groups excluding carboxylic acids is 2. The molecule has 166 valence electrons. The van der Waals surface area contributed by atoms with Crippen molar-refractivity contribution in [3.05, 3.63) is 58.9 Å². The number of sulfonamides is 1. The molecule has 10 heteroatoms. The number of hydrogen-bond donors (Lipinski definition) is 2. The highest BCUT2D eigenvalue weighted by Crippen LogP contribution is 2.27. The van der Waals surface area contributed by atoms with Gasteiger partial charge in [-0.05, 0) is 43.2 Å². The molecule has 2 N–H and O–H groups in total. The molecule has 0 unspecified atom stereocenters. The van der Waals surface area contributed by atoms with Crippen molar-refractivity contribution >= 4 is 44.8 Å². The van der Waals surface area contributed by atoms with Crippen LogP contribution in [0.5, 0.6) is 0 Å². The van der Waals surface area contributed by atoms with Gasteiger partial charge in [-0.3, -0.25) is 9.59 Å². The molecular formula is C21H23ClFN3O4S. The Morgan fingerprint density at radius 1 is 1.10 bits per heavy atom. The van der Waals surface area contributed by atoms with Gasteiger partial charge < -0.3 is 10.6 Å². The predicted molar refractivity (Wildman–Crippen MR) is 118 cm³/mol. The van der Waals surface area contributed by atoms with E-state index in [-0.39, 0.29) is 41.4 Å². The van der Waals surface area contributed by atoms with Crippen molar-refractivity contribution in [1.82, 2.24) is 4.31 Å². The van der Waals surface area contributed by atoms with Gasteiger partial charge in [-0.2, -0.15) is 0 Å². The van der Waals surface area contributed by atoms with E-state index in [1.807, 2.05) is 0 Å². The first-order valence-corrected chi connectivity index (χ1v) is 11.7. The van der Waals surface area contributed by atoms with Gasteiger partial charge in [0.25, 0.3) is 0 Å². The summed E-state index contributed by atoms with van der Waals surface area (Å²) in [5.41, 5.74) is 1.06. The van der Waals surface area contributed by atoms with Crippen LogP contribution in [0.1, 0.15) is 25.3 Å². The minimum absolute atomic E-state index is 0.0527. The number of nitrogens with one attached hydrogen (secondary N) is 2. The Balaban J connectivity index is 1.58. The van der Waals surface area contributed by atoms with Crippen molar-refractivity contribution in [2.24, 2.45) is 5.92 Å². The molecule has 2 aromatic carbocycles. The van der Waals surface area contributed by atoms with E-state index in [0.717, 1.165) is 0 Å². The molecule has 0 aromatic heterocycles. The summed E-state index contributed by atoms with van der Waals surface area (Å²) in [6.07, 6.45) is 0.697. The maximum absolute atomic E-state index is 14.0. The average molecular weight is 468 g/mol. The lowest BCUT2D eigenvalue weighted by Gasteiger charge is -2.30. The van der Waals surface area contributed by atoms with Crippen LogP contribution >= 0.6 is 11.6 Å². The van der Waals surface area contributed by atoms with Crippen LogP contribution in [-0.4, -0.2) is 37.6 Å². The smallest absolute Gasteiger partial charge is 0.227 e. The summed E-state index contributed by atoms with van der Waals surface area (Å²) in [6.45, 7) is 1.73. The number of benzene rings is 2. The van der Waals surface area contributed by atoms with Crippen LogP contribution in [0.2, 0.25) is 5.02 Å². The van der Waals surface area contributed by atoms with Gasteiger partial charge in [0.05, 0.1) is 5.75 Å². The summed E-state index contributed by atoms with van der Waals surface area (Å²) in [5, 5.41) is 5.53. The predicted octanol–water partition coefficient (Wildman–Crippen LogP) is 3.62. The molecule has 0 bridgehead atoms. The monoisotopic (exact) mass is 467 g/mol. The van der Waals surface area contributed by atoms with E-state index < -0.39 is 21.6 Å². The van der Waals surface area contributed by atoms with Crippen molar-refractivity contribution in [3.8, 4) is 0 Å². The Morgan fingerprint density at radius 2 is 1.71 bits per heavy atom. The van der Waals surface area contributed by atoms with Gasteiger partial charge in [0.2, 0.25) is 21.8 Å². The van der Waals surface area contributed by atoms with Gasteiger partial charge in [0, 0.05) is 47.9 Å². The average Bonchev–Trinajstić information content (AvgIpc) is 2.71. The minimum atomic E-state index is -3.77. The number of nitrogens with zero attached hydrogens (tertiary/aromatic N) is 1. The Labute approximate surface area is 185 Å². The van der Waals surface area contributed by atoms with Crippen molar-refractivity contribution < 1.29 is 22.4 Å². The molecule has 2 amide bonds. The van der Waals surface area contributed by atoms with Crippen LogP contribution in [0, 0.1) is 11.7 Å². The molecule has 0 atom stereocenters. The molecule has 3 rings (SSSR count). The van der Waals surface area contributed by atoms with E-state index in [2.05, 4.69) is 10.6 Å². The summed E-state index contributed by atoms with van der Waals surface area (Å²) < 4.78 is 40.7. The molecule has 1 heterocycles. The van der Waals surface area contributed by atoms with Crippen LogP contribution in [0.15, 0.2) is 42.5 Å². The summed E-state index contributed by atoms with van der Waals surface area (Å²) in [5.74, 6) is -1.96. The van der Waals surface area contributed by atoms with Crippen LogP contribution in [0.25, 0.3) is 0 Å². The number of rotatable bonds is 6. The SMILES string of the molecule is CC(=O)Nc1cccc(NC(=O)C2CCN(S(=O)(=O)Cc3c(F)cccc3Cl)CC2)c1. The Hall–Kier alpha value is -2.49. The molecule has 1 fully saturated rings. The van der Waals surface area contributed by atoms with Crippen molar-refractivity contribution in [1.29, 1.82) is 0 Å². The highest BCUT2D eigenvalue weighted by Gasteiger charge is 2.32. The quantitative estimate of drug-likeness (QED) is 0.678. The fourth-order valence-electron chi connectivity index (χ4n) is 3.46. The summed E-state index contributed by atoms with van der Waals surface area (Å²) >= 11 is 5.96. The van der Waals surface area contributed by atoms with E-state index in [1.165, 1.54) is 29.4 Å². The number of halogens is 2. The fourth-order valence-corrected chi connectivity index (χ4v) is 5.38. The highest BCUT2D eigenvalue weighted by atomic mass is 35.5. The lowest BCUT2D eigenvalue weighted by molar-refractivity contribution is -0.121. The lowest BCUT2D eigenvalue weighted by atomic mass is 9.97. The van der Waals surface area contributed by atoms with Crippen molar-refractivity contribution in [2.75, 3.05) is 23.7 Å². The summed E-state index contributed by atoms with van der Waals surface area (Å²) in [6, 6.07) is 10.8. The normalized spacial score (nSPS) is 15.5. The summed E-state index contributed by atoms with van der Waals surface area (Å²) in [4.78, 5) is 23.8. The van der Waals surface area contributed by atoms with Crippen LogP contribution in [0.3, 0.4) is 0 Å². The van der Waals surface area contributed by atoms with E-state index in [9.17, 15) is 22.4 Å². The summed E-state index contributed by atoms with van der Waals surface area (Å²) in [7, 11) is -3.77. The van der Waals surface area contributed by atoms with E-state index in [1.54, 1.807) is 24.3 Å². The van der Waals surface area contributed by atoms with E-state index >= 15 is 0 Å². The van der Waals surface area contributed by atoms with Gasteiger partial charge in [0.15, 0.2) is 0 Å². The van der Waals surface area contributed by atoms with Crippen molar-refractivity contribution in [2.45, 2.75) is 25.5 Å². The molecule has 1 aliphatic heterocycles.